The Morgan fingerprint density at radius 3 is 1.86 bits per heavy atom. The van der Waals surface area contributed by atoms with Gasteiger partial charge in [0.2, 0.25) is 0 Å². The van der Waals surface area contributed by atoms with E-state index >= 15 is 0 Å². The molecule has 0 radical (unpaired) electrons. The molecule has 0 unspecified atom stereocenters. The highest BCUT2D eigenvalue weighted by Crippen LogP contribution is 2.50. The zero-order chi connectivity index (χ0) is 20.0. The molecule has 2 aromatic rings. The van der Waals surface area contributed by atoms with E-state index in [1.807, 2.05) is 12.1 Å². The minimum absolute atomic E-state index is 0.143. The molecule has 150 valence electrons. The zero-order valence-corrected chi connectivity index (χ0v) is 17.0. The van der Waals surface area contributed by atoms with E-state index in [9.17, 15) is 5.11 Å². The van der Waals surface area contributed by atoms with Gasteiger partial charge in [0.05, 0.1) is 34.5 Å². The second-order valence-electron chi connectivity index (χ2n) is 7.35. The number of fused-ring (bicyclic) bond motifs is 4. The van der Waals surface area contributed by atoms with Crippen LogP contribution in [-0.4, -0.2) is 45.0 Å². The fourth-order valence-electron chi connectivity index (χ4n) is 4.64. The third-order valence-corrected chi connectivity index (χ3v) is 6.10. The summed E-state index contributed by atoms with van der Waals surface area (Å²) in [6.07, 6.45) is 0.255. The van der Waals surface area contributed by atoms with E-state index < -0.39 is 6.10 Å². The van der Waals surface area contributed by atoms with Crippen molar-refractivity contribution < 1.29 is 24.1 Å². The highest BCUT2D eigenvalue weighted by atomic mass is 16.5. The van der Waals surface area contributed by atoms with Gasteiger partial charge in [0.15, 0.2) is 23.0 Å². The maximum Gasteiger partial charge on any atom is 0.161 e. The SMILES string of the molecule is COc1cc2c(cc1OC)[C@H](C)N1C[C@H](O)c3cc(OC)c(OC)cc3[C@@H]1C2. The lowest BCUT2D eigenvalue weighted by Crippen LogP contribution is -2.43. The standard InChI is InChI=1S/C22H27NO5/c1-12-14-8-20(26-3)19(25-2)7-13(14)6-17-15-9-21(27-4)22(28-5)10-16(15)18(24)11-23(12)17/h7-10,12,17-18,24H,6,11H2,1-5H3/t12-,17-,18-/m0/s1. The molecule has 0 amide bonds. The number of aliphatic hydroxyl groups is 1. The number of ether oxygens (including phenoxy) is 4. The van der Waals surface area contributed by atoms with Gasteiger partial charge in [-0.25, -0.2) is 0 Å². The molecule has 6 heteroatoms. The van der Waals surface area contributed by atoms with Crippen molar-refractivity contribution in [3.63, 3.8) is 0 Å². The van der Waals surface area contributed by atoms with E-state index in [0.717, 1.165) is 29.0 Å². The van der Waals surface area contributed by atoms with Crippen molar-refractivity contribution in [2.45, 2.75) is 31.5 Å². The molecule has 2 aromatic carbocycles. The van der Waals surface area contributed by atoms with Crippen LogP contribution in [0, 0.1) is 0 Å². The van der Waals surface area contributed by atoms with Crippen LogP contribution in [0.5, 0.6) is 23.0 Å². The fraction of sp³-hybridized carbons (Fsp3) is 0.455. The van der Waals surface area contributed by atoms with Crippen molar-refractivity contribution in [1.29, 1.82) is 0 Å². The highest BCUT2D eigenvalue weighted by molar-refractivity contribution is 5.54. The van der Waals surface area contributed by atoms with E-state index in [1.165, 1.54) is 11.1 Å². The molecule has 2 aliphatic heterocycles. The lowest BCUT2D eigenvalue weighted by Gasteiger charge is -2.47. The van der Waals surface area contributed by atoms with Crippen LogP contribution in [0.1, 0.15) is 47.4 Å². The number of hydrogen-bond donors (Lipinski definition) is 1. The Labute approximate surface area is 165 Å². The van der Waals surface area contributed by atoms with E-state index in [2.05, 4.69) is 24.0 Å². The predicted molar refractivity (Wildman–Crippen MR) is 106 cm³/mol. The predicted octanol–water partition coefficient (Wildman–Crippen LogP) is 3.43. The minimum Gasteiger partial charge on any atom is -0.493 e. The lowest BCUT2D eigenvalue weighted by atomic mass is 9.80. The van der Waals surface area contributed by atoms with Gasteiger partial charge in [-0.05, 0) is 59.9 Å². The minimum atomic E-state index is -0.574. The van der Waals surface area contributed by atoms with Gasteiger partial charge in [-0.1, -0.05) is 0 Å². The quantitative estimate of drug-likeness (QED) is 0.870. The summed E-state index contributed by atoms with van der Waals surface area (Å²) in [7, 11) is 6.56. The molecule has 0 saturated carbocycles. The van der Waals surface area contributed by atoms with Crippen LogP contribution < -0.4 is 18.9 Å². The average Bonchev–Trinajstić information content (AvgIpc) is 2.73. The average molecular weight is 385 g/mol. The Morgan fingerprint density at radius 2 is 1.29 bits per heavy atom. The first-order valence-corrected chi connectivity index (χ1v) is 9.46. The van der Waals surface area contributed by atoms with Gasteiger partial charge in [-0.3, -0.25) is 4.90 Å². The van der Waals surface area contributed by atoms with Gasteiger partial charge in [-0.15, -0.1) is 0 Å². The summed E-state index contributed by atoms with van der Waals surface area (Å²) in [4.78, 5) is 2.35. The number of hydrogen-bond acceptors (Lipinski definition) is 6. The summed E-state index contributed by atoms with van der Waals surface area (Å²) in [6, 6.07) is 8.35. The largest absolute Gasteiger partial charge is 0.493 e. The van der Waals surface area contributed by atoms with Crippen LogP contribution in [0.25, 0.3) is 0 Å². The topological polar surface area (TPSA) is 60.4 Å². The Bertz CT molecular complexity index is 897. The van der Waals surface area contributed by atoms with Crippen molar-refractivity contribution in [3.05, 3.63) is 46.5 Å². The first-order chi connectivity index (χ1) is 13.5. The molecule has 0 aliphatic carbocycles. The lowest BCUT2D eigenvalue weighted by molar-refractivity contribution is 0.0326. The molecule has 2 aliphatic rings. The Hall–Kier alpha value is -2.44. The third kappa shape index (κ3) is 2.79. The molecule has 0 bridgehead atoms. The third-order valence-electron chi connectivity index (χ3n) is 6.10. The van der Waals surface area contributed by atoms with Gasteiger partial charge < -0.3 is 24.1 Å². The Balaban J connectivity index is 1.83. The molecule has 3 atom stereocenters. The van der Waals surface area contributed by atoms with Crippen LogP contribution in [0.4, 0.5) is 0 Å². The van der Waals surface area contributed by atoms with E-state index in [1.54, 1.807) is 28.4 Å². The number of nitrogens with zero attached hydrogens (tertiary/aromatic N) is 1. The molecular weight excluding hydrogens is 358 g/mol. The van der Waals surface area contributed by atoms with Crippen molar-refractivity contribution in [3.8, 4) is 23.0 Å². The Morgan fingerprint density at radius 1 is 0.786 bits per heavy atom. The zero-order valence-electron chi connectivity index (χ0n) is 17.0. The van der Waals surface area contributed by atoms with Crippen molar-refractivity contribution in [2.75, 3.05) is 35.0 Å². The molecule has 0 spiro atoms. The summed E-state index contributed by atoms with van der Waals surface area (Å²) in [5, 5.41) is 10.8. The van der Waals surface area contributed by atoms with Gasteiger partial charge in [-0.2, -0.15) is 0 Å². The second-order valence-corrected chi connectivity index (χ2v) is 7.35. The molecule has 2 heterocycles. The first kappa shape index (κ1) is 18.9. The van der Waals surface area contributed by atoms with Gasteiger partial charge >= 0.3 is 0 Å². The van der Waals surface area contributed by atoms with Crippen LogP contribution >= 0.6 is 0 Å². The van der Waals surface area contributed by atoms with Crippen LogP contribution in [0.3, 0.4) is 0 Å². The number of rotatable bonds is 4. The van der Waals surface area contributed by atoms with Crippen LogP contribution in [0.15, 0.2) is 24.3 Å². The number of aliphatic hydroxyl groups excluding tert-OH is 1. The maximum absolute atomic E-state index is 10.8. The van der Waals surface area contributed by atoms with Gasteiger partial charge in [0, 0.05) is 18.6 Å². The summed E-state index contributed by atoms with van der Waals surface area (Å²) < 4.78 is 22.0. The molecule has 0 saturated heterocycles. The van der Waals surface area contributed by atoms with Crippen LogP contribution in [0.2, 0.25) is 0 Å². The van der Waals surface area contributed by atoms with E-state index in [-0.39, 0.29) is 12.1 Å². The molecular formula is C22H27NO5. The first-order valence-electron chi connectivity index (χ1n) is 9.46. The highest BCUT2D eigenvalue weighted by Gasteiger charge is 2.40. The number of benzene rings is 2. The second kappa shape index (κ2) is 7.18. The number of methoxy groups -OCH3 is 4. The molecule has 1 N–H and O–H groups in total. The Kier molecular flexibility index (Phi) is 4.85. The summed E-state index contributed by atoms with van der Waals surface area (Å²) in [5.41, 5.74) is 4.45. The van der Waals surface area contributed by atoms with Crippen LogP contribution in [-0.2, 0) is 6.42 Å². The smallest absolute Gasteiger partial charge is 0.161 e. The van der Waals surface area contributed by atoms with Crippen molar-refractivity contribution in [2.24, 2.45) is 0 Å². The normalized spacial score (nSPS) is 23.3. The summed E-state index contributed by atoms with van der Waals surface area (Å²) >= 11 is 0. The van der Waals surface area contributed by atoms with E-state index in [0.29, 0.717) is 18.0 Å². The van der Waals surface area contributed by atoms with Crippen molar-refractivity contribution in [1.82, 2.24) is 4.90 Å². The molecule has 0 aromatic heterocycles. The fourth-order valence-corrected chi connectivity index (χ4v) is 4.64. The molecule has 4 rings (SSSR count). The maximum atomic E-state index is 10.8. The van der Waals surface area contributed by atoms with Gasteiger partial charge in [0.1, 0.15) is 0 Å². The summed E-state index contributed by atoms with van der Waals surface area (Å²) in [5.74, 6) is 2.80. The molecule has 0 fully saturated rings. The van der Waals surface area contributed by atoms with Crippen molar-refractivity contribution >= 4 is 0 Å². The monoisotopic (exact) mass is 385 g/mol. The molecule has 6 nitrogen and oxygen atoms in total. The molecule has 28 heavy (non-hydrogen) atoms. The summed E-state index contributed by atoms with van der Waals surface area (Å²) in [6.45, 7) is 2.75. The van der Waals surface area contributed by atoms with Gasteiger partial charge in [0.25, 0.3) is 0 Å². The van der Waals surface area contributed by atoms with E-state index in [4.69, 9.17) is 18.9 Å².